The molecule has 2 rings (SSSR count). The van der Waals surface area contributed by atoms with Gasteiger partial charge in [-0.05, 0) is 64.0 Å². The number of nitrogens with one attached hydrogen (secondary N) is 1. The van der Waals surface area contributed by atoms with Gasteiger partial charge in [0.1, 0.15) is 17.7 Å². The molecule has 1 atom stereocenters. The summed E-state index contributed by atoms with van der Waals surface area (Å²) in [6.07, 6.45) is 4.60. The summed E-state index contributed by atoms with van der Waals surface area (Å²) >= 11 is 0. The third-order valence-corrected chi connectivity index (χ3v) is 4.48. The maximum Gasteiger partial charge on any atom is 0.408 e. The number of rotatable bonds is 6. The van der Waals surface area contributed by atoms with Crippen LogP contribution in [0, 0.1) is 0 Å². The lowest BCUT2D eigenvalue weighted by atomic mass is 9.98. The van der Waals surface area contributed by atoms with Crippen LogP contribution in [-0.2, 0) is 27.1 Å². The minimum atomic E-state index is -0.752. The minimum Gasteiger partial charge on any atom is -0.461 e. The lowest BCUT2D eigenvalue weighted by molar-refractivity contribution is -0.151. The fourth-order valence-corrected chi connectivity index (χ4v) is 3.22. The fourth-order valence-electron chi connectivity index (χ4n) is 3.22. The number of benzene rings is 1. The van der Waals surface area contributed by atoms with Crippen molar-refractivity contribution in [3.05, 3.63) is 35.4 Å². The second-order valence-electron chi connectivity index (χ2n) is 7.87. The quantitative estimate of drug-likeness (QED) is 0.772. The summed E-state index contributed by atoms with van der Waals surface area (Å²) in [6.45, 7) is 7.46. The fraction of sp³-hybridized carbons (Fsp3) is 0.619. The molecule has 0 aliphatic heterocycles. The second-order valence-corrected chi connectivity index (χ2v) is 7.87. The van der Waals surface area contributed by atoms with E-state index in [0.29, 0.717) is 6.42 Å². The van der Waals surface area contributed by atoms with Crippen LogP contribution in [0.15, 0.2) is 24.3 Å². The molecule has 1 N–H and O–H groups in total. The average molecular weight is 361 g/mol. The summed E-state index contributed by atoms with van der Waals surface area (Å²) in [4.78, 5) is 24.9. The van der Waals surface area contributed by atoms with E-state index < -0.39 is 17.7 Å². The van der Waals surface area contributed by atoms with E-state index in [4.69, 9.17) is 9.47 Å². The van der Waals surface area contributed by atoms with E-state index in [-0.39, 0.29) is 12.1 Å². The van der Waals surface area contributed by atoms with Gasteiger partial charge in [-0.25, -0.2) is 9.59 Å². The molecule has 0 saturated heterocycles. The van der Waals surface area contributed by atoms with Gasteiger partial charge in [-0.2, -0.15) is 0 Å². The summed E-state index contributed by atoms with van der Waals surface area (Å²) < 4.78 is 11.0. The van der Waals surface area contributed by atoms with E-state index >= 15 is 0 Å². The van der Waals surface area contributed by atoms with Gasteiger partial charge >= 0.3 is 12.1 Å². The van der Waals surface area contributed by atoms with Gasteiger partial charge < -0.3 is 14.8 Å². The highest BCUT2D eigenvalue weighted by Crippen LogP contribution is 2.22. The van der Waals surface area contributed by atoms with Crippen molar-refractivity contribution in [2.45, 2.75) is 84.0 Å². The molecule has 0 bridgehead atoms. The monoisotopic (exact) mass is 361 g/mol. The SMILES string of the molecule is CCc1ccccc1CC(NC(=O)OC(C)(C)C)C(=O)OC1CCCC1. The van der Waals surface area contributed by atoms with Crippen molar-refractivity contribution in [3.8, 4) is 0 Å². The van der Waals surface area contributed by atoms with Crippen LogP contribution in [0.1, 0.15) is 64.5 Å². The number of ether oxygens (including phenoxy) is 2. The van der Waals surface area contributed by atoms with Crippen molar-refractivity contribution in [1.82, 2.24) is 5.32 Å². The molecular weight excluding hydrogens is 330 g/mol. The zero-order valence-electron chi connectivity index (χ0n) is 16.3. The first kappa shape index (κ1) is 20.3. The van der Waals surface area contributed by atoms with Crippen LogP contribution >= 0.6 is 0 Å². The van der Waals surface area contributed by atoms with Gasteiger partial charge in [-0.3, -0.25) is 0 Å². The first-order valence-corrected chi connectivity index (χ1v) is 9.55. The Hall–Kier alpha value is -2.04. The number of amides is 1. The van der Waals surface area contributed by atoms with Crippen LogP contribution in [-0.4, -0.2) is 29.8 Å². The van der Waals surface area contributed by atoms with Crippen molar-refractivity contribution >= 4 is 12.1 Å². The van der Waals surface area contributed by atoms with Crippen LogP contribution in [0.3, 0.4) is 0 Å². The topological polar surface area (TPSA) is 64.6 Å². The molecule has 1 aliphatic rings. The van der Waals surface area contributed by atoms with Gasteiger partial charge in [-0.1, -0.05) is 31.2 Å². The Labute approximate surface area is 156 Å². The van der Waals surface area contributed by atoms with Gasteiger partial charge in [0.25, 0.3) is 0 Å². The molecule has 0 aromatic heterocycles. The van der Waals surface area contributed by atoms with Gasteiger partial charge in [-0.15, -0.1) is 0 Å². The highest BCUT2D eigenvalue weighted by Gasteiger charge is 2.29. The van der Waals surface area contributed by atoms with Gasteiger partial charge in [0.15, 0.2) is 0 Å². The van der Waals surface area contributed by atoms with Crippen molar-refractivity contribution in [2.24, 2.45) is 0 Å². The zero-order valence-corrected chi connectivity index (χ0v) is 16.3. The largest absolute Gasteiger partial charge is 0.461 e. The van der Waals surface area contributed by atoms with E-state index in [0.717, 1.165) is 43.2 Å². The summed E-state index contributed by atoms with van der Waals surface area (Å²) in [5, 5.41) is 2.71. The number of carbonyl (C=O) groups excluding carboxylic acids is 2. The van der Waals surface area contributed by atoms with Gasteiger partial charge in [0.05, 0.1) is 0 Å². The van der Waals surface area contributed by atoms with E-state index in [1.165, 1.54) is 0 Å². The van der Waals surface area contributed by atoms with E-state index in [1.807, 2.05) is 24.3 Å². The van der Waals surface area contributed by atoms with Crippen molar-refractivity contribution < 1.29 is 19.1 Å². The highest BCUT2D eigenvalue weighted by molar-refractivity contribution is 5.82. The number of alkyl carbamates (subject to hydrolysis) is 1. The van der Waals surface area contributed by atoms with Crippen molar-refractivity contribution in [2.75, 3.05) is 0 Å². The predicted octanol–water partition coefficient (Wildman–Crippen LogP) is 4.17. The van der Waals surface area contributed by atoms with Crippen LogP contribution in [0.4, 0.5) is 4.79 Å². The third kappa shape index (κ3) is 6.36. The maximum atomic E-state index is 12.7. The molecular formula is C21H31NO4. The highest BCUT2D eigenvalue weighted by atomic mass is 16.6. The second kappa shape index (κ2) is 9.06. The molecule has 1 fully saturated rings. The minimum absolute atomic E-state index is 0.0353. The molecule has 1 aromatic carbocycles. The third-order valence-electron chi connectivity index (χ3n) is 4.48. The van der Waals surface area contributed by atoms with E-state index in [1.54, 1.807) is 20.8 Å². The lowest BCUT2D eigenvalue weighted by Crippen LogP contribution is -2.46. The Balaban J connectivity index is 2.11. The Bertz CT molecular complexity index is 615. The van der Waals surface area contributed by atoms with Crippen LogP contribution in [0.5, 0.6) is 0 Å². The summed E-state index contributed by atoms with van der Waals surface area (Å²) in [7, 11) is 0. The average Bonchev–Trinajstić information content (AvgIpc) is 3.06. The predicted molar refractivity (Wildman–Crippen MR) is 101 cm³/mol. The summed E-state index contributed by atoms with van der Waals surface area (Å²) in [6, 6.07) is 7.21. The smallest absolute Gasteiger partial charge is 0.408 e. The number of hydrogen-bond acceptors (Lipinski definition) is 4. The molecule has 144 valence electrons. The summed E-state index contributed by atoms with van der Waals surface area (Å²) in [5.74, 6) is -0.381. The van der Waals surface area contributed by atoms with Crippen LogP contribution < -0.4 is 5.32 Å². The molecule has 1 amide bonds. The number of esters is 1. The van der Waals surface area contributed by atoms with Crippen molar-refractivity contribution in [1.29, 1.82) is 0 Å². The molecule has 0 radical (unpaired) electrons. The number of hydrogen-bond donors (Lipinski definition) is 1. The molecule has 1 unspecified atom stereocenters. The molecule has 1 aromatic rings. The van der Waals surface area contributed by atoms with Gasteiger partial charge in [0.2, 0.25) is 0 Å². The lowest BCUT2D eigenvalue weighted by Gasteiger charge is -2.24. The normalized spacial score (nSPS) is 16.2. The molecule has 26 heavy (non-hydrogen) atoms. The Morgan fingerprint density at radius 2 is 1.77 bits per heavy atom. The molecule has 0 spiro atoms. The van der Waals surface area contributed by atoms with E-state index in [9.17, 15) is 9.59 Å². The first-order valence-electron chi connectivity index (χ1n) is 9.55. The first-order chi connectivity index (χ1) is 12.3. The van der Waals surface area contributed by atoms with Crippen LogP contribution in [0.2, 0.25) is 0 Å². The standard InChI is InChI=1S/C21H31NO4/c1-5-15-10-6-7-11-16(15)14-18(22-20(24)26-21(2,3)4)19(23)25-17-12-8-9-13-17/h6-7,10-11,17-18H,5,8-9,12-14H2,1-4H3,(H,22,24). The zero-order chi connectivity index (χ0) is 19.2. The Kier molecular flexibility index (Phi) is 7.06. The molecule has 1 aliphatic carbocycles. The molecule has 0 heterocycles. The molecule has 5 heteroatoms. The van der Waals surface area contributed by atoms with Gasteiger partial charge in [0, 0.05) is 6.42 Å². The summed E-state index contributed by atoms with van der Waals surface area (Å²) in [5.41, 5.74) is 1.59. The van der Waals surface area contributed by atoms with Crippen molar-refractivity contribution in [3.63, 3.8) is 0 Å². The maximum absolute atomic E-state index is 12.7. The Morgan fingerprint density at radius 3 is 2.35 bits per heavy atom. The Morgan fingerprint density at radius 1 is 1.15 bits per heavy atom. The van der Waals surface area contributed by atoms with Crippen LogP contribution in [0.25, 0.3) is 0 Å². The number of carbonyl (C=O) groups is 2. The molecule has 5 nitrogen and oxygen atoms in total. The van der Waals surface area contributed by atoms with E-state index in [2.05, 4.69) is 12.2 Å². The molecule has 1 saturated carbocycles. The number of aryl methyl sites for hydroxylation is 1.